The van der Waals surface area contributed by atoms with Gasteiger partial charge in [-0.05, 0) is 59.3 Å². The van der Waals surface area contributed by atoms with Crippen LogP contribution in [0.25, 0.3) is 0 Å². The molecular weight excluding hydrogens is 340 g/mol. The van der Waals surface area contributed by atoms with E-state index in [1.165, 1.54) is 0 Å². The highest BCUT2D eigenvalue weighted by atomic mass is 79.9. The van der Waals surface area contributed by atoms with Gasteiger partial charge in [-0.1, -0.05) is 0 Å². The number of hydrazone groups is 1. The summed E-state index contributed by atoms with van der Waals surface area (Å²) in [5.41, 5.74) is 3.03. The molecule has 0 saturated heterocycles. The second-order valence-corrected chi connectivity index (χ2v) is 6.29. The molecule has 0 radical (unpaired) electrons. The number of nitrogens with zero attached hydrogens (tertiary/aromatic N) is 1. The van der Waals surface area contributed by atoms with E-state index in [0.717, 1.165) is 14.4 Å². The van der Waals surface area contributed by atoms with Gasteiger partial charge >= 0.3 is 0 Å². The topological polar surface area (TPSA) is 50.7 Å². The fourth-order valence-electron chi connectivity index (χ4n) is 1.49. The SMILES string of the molecule is CCOc1ccc(C(=O)N/N=C/c2ccc(Br)s2)cc1. The molecule has 20 heavy (non-hydrogen) atoms. The van der Waals surface area contributed by atoms with Crippen molar-refractivity contribution in [2.45, 2.75) is 6.92 Å². The van der Waals surface area contributed by atoms with Crippen molar-refractivity contribution in [2.24, 2.45) is 5.10 Å². The lowest BCUT2D eigenvalue weighted by atomic mass is 10.2. The summed E-state index contributed by atoms with van der Waals surface area (Å²) >= 11 is 4.91. The molecule has 1 amide bonds. The first-order valence-electron chi connectivity index (χ1n) is 6.00. The Morgan fingerprint density at radius 3 is 2.70 bits per heavy atom. The number of ether oxygens (including phenoxy) is 1. The number of amides is 1. The van der Waals surface area contributed by atoms with Crippen molar-refractivity contribution in [1.82, 2.24) is 5.43 Å². The molecule has 2 aromatic rings. The third-order valence-corrected chi connectivity index (χ3v) is 3.94. The molecule has 0 fully saturated rings. The molecule has 0 aliphatic heterocycles. The van der Waals surface area contributed by atoms with E-state index in [-0.39, 0.29) is 5.91 Å². The third kappa shape index (κ3) is 4.18. The maximum atomic E-state index is 11.8. The molecule has 0 aliphatic rings. The van der Waals surface area contributed by atoms with E-state index in [0.29, 0.717) is 12.2 Å². The number of carbonyl (C=O) groups excluding carboxylic acids is 1. The Kier molecular flexibility index (Phi) is 5.31. The molecule has 0 aliphatic carbocycles. The van der Waals surface area contributed by atoms with Crippen molar-refractivity contribution < 1.29 is 9.53 Å². The Balaban J connectivity index is 1.92. The predicted molar refractivity (Wildman–Crippen MR) is 84.7 cm³/mol. The zero-order valence-electron chi connectivity index (χ0n) is 10.8. The van der Waals surface area contributed by atoms with Gasteiger partial charge in [0.2, 0.25) is 0 Å². The van der Waals surface area contributed by atoms with Gasteiger partial charge in [0.15, 0.2) is 0 Å². The summed E-state index contributed by atoms with van der Waals surface area (Å²) < 4.78 is 6.34. The van der Waals surface area contributed by atoms with Crippen LogP contribution in [0.1, 0.15) is 22.2 Å². The Morgan fingerprint density at radius 1 is 1.35 bits per heavy atom. The largest absolute Gasteiger partial charge is 0.494 e. The van der Waals surface area contributed by atoms with Crippen LogP contribution in [0.15, 0.2) is 45.3 Å². The monoisotopic (exact) mass is 352 g/mol. The van der Waals surface area contributed by atoms with E-state index in [1.807, 2.05) is 19.1 Å². The summed E-state index contributed by atoms with van der Waals surface area (Å²) in [5, 5.41) is 3.92. The van der Waals surface area contributed by atoms with Crippen molar-refractivity contribution in [2.75, 3.05) is 6.61 Å². The van der Waals surface area contributed by atoms with Crippen LogP contribution in [0.3, 0.4) is 0 Å². The van der Waals surface area contributed by atoms with Gasteiger partial charge in [0, 0.05) is 10.4 Å². The number of hydrogen-bond acceptors (Lipinski definition) is 4. The zero-order chi connectivity index (χ0) is 14.4. The number of benzene rings is 1. The Bertz CT molecular complexity index is 608. The van der Waals surface area contributed by atoms with Crippen molar-refractivity contribution in [1.29, 1.82) is 0 Å². The van der Waals surface area contributed by atoms with Crippen LogP contribution in [-0.2, 0) is 0 Å². The highest BCUT2D eigenvalue weighted by molar-refractivity contribution is 9.11. The van der Waals surface area contributed by atoms with Crippen LogP contribution in [0.4, 0.5) is 0 Å². The number of hydrogen-bond donors (Lipinski definition) is 1. The fourth-order valence-corrected chi connectivity index (χ4v) is 2.78. The van der Waals surface area contributed by atoms with Crippen LogP contribution in [0, 0.1) is 0 Å². The first-order chi connectivity index (χ1) is 9.69. The molecule has 1 aromatic carbocycles. The number of rotatable bonds is 5. The van der Waals surface area contributed by atoms with Crippen molar-refractivity contribution in [3.8, 4) is 5.75 Å². The number of nitrogens with one attached hydrogen (secondary N) is 1. The lowest BCUT2D eigenvalue weighted by Crippen LogP contribution is -2.17. The molecule has 0 unspecified atom stereocenters. The van der Waals surface area contributed by atoms with Gasteiger partial charge in [-0.2, -0.15) is 5.10 Å². The molecule has 0 saturated carbocycles. The molecule has 1 N–H and O–H groups in total. The highest BCUT2D eigenvalue weighted by Gasteiger charge is 2.04. The standard InChI is InChI=1S/C14H13BrN2O2S/c1-2-19-11-5-3-10(4-6-11)14(18)17-16-9-12-7-8-13(15)20-12/h3-9H,2H2,1H3,(H,17,18)/b16-9+. The summed E-state index contributed by atoms with van der Waals surface area (Å²) in [4.78, 5) is 12.8. The van der Waals surface area contributed by atoms with E-state index in [2.05, 4.69) is 26.5 Å². The molecule has 104 valence electrons. The highest BCUT2D eigenvalue weighted by Crippen LogP contribution is 2.20. The lowest BCUT2D eigenvalue weighted by Gasteiger charge is -2.03. The summed E-state index contributed by atoms with van der Waals surface area (Å²) in [7, 11) is 0. The molecule has 1 heterocycles. The van der Waals surface area contributed by atoms with Crippen LogP contribution >= 0.6 is 27.3 Å². The Hall–Kier alpha value is -1.66. The average molecular weight is 353 g/mol. The van der Waals surface area contributed by atoms with Crippen LogP contribution in [-0.4, -0.2) is 18.7 Å². The number of carbonyl (C=O) groups is 1. The van der Waals surface area contributed by atoms with E-state index in [9.17, 15) is 4.79 Å². The molecule has 0 bridgehead atoms. The smallest absolute Gasteiger partial charge is 0.271 e. The van der Waals surface area contributed by atoms with Gasteiger partial charge in [0.25, 0.3) is 5.91 Å². The van der Waals surface area contributed by atoms with Gasteiger partial charge in [0.1, 0.15) is 5.75 Å². The molecule has 0 atom stereocenters. The van der Waals surface area contributed by atoms with Crippen molar-refractivity contribution in [3.63, 3.8) is 0 Å². The molecule has 6 heteroatoms. The number of thiophene rings is 1. The average Bonchev–Trinajstić information content (AvgIpc) is 2.85. The van der Waals surface area contributed by atoms with Gasteiger partial charge in [-0.3, -0.25) is 4.79 Å². The summed E-state index contributed by atoms with van der Waals surface area (Å²) in [6, 6.07) is 10.8. The third-order valence-electron chi connectivity index (χ3n) is 2.38. The fraction of sp³-hybridized carbons (Fsp3) is 0.143. The normalized spacial score (nSPS) is 10.7. The van der Waals surface area contributed by atoms with E-state index in [4.69, 9.17) is 4.74 Å². The Labute approximate surface area is 129 Å². The molecule has 4 nitrogen and oxygen atoms in total. The Morgan fingerprint density at radius 2 is 2.10 bits per heavy atom. The quantitative estimate of drug-likeness (QED) is 0.659. The molecule has 2 rings (SSSR count). The first kappa shape index (κ1) is 14.7. The number of halogens is 1. The van der Waals surface area contributed by atoms with Gasteiger partial charge in [-0.15, -0.1) is 11.3 Å². The van der Waals surface area contributed by atoms with Crippen LogP contribution in [0.5, 0.6) is 5.75 Å². The maximum Gasteiger partial charge on any atom is 0.271 e. The van der Waals surface area contributed by atoms with Crippen LogP contribution in [0.2, 0.25) is 0 Å². The van der Waals surface area contributed by atoms with Crippen molar-refractivity contribution in [3.05, 3.63) is 50.6 Å². The lowest BCUT2D eigenvalue weighted by molar-refractivity contribution is 0.0955. The molecular formula is C14H13BrN2O2S. The summed E-state index contributed by atoms with van der Waals surface area (Å²) in [6.45, 7) is 2.52. The second kappa shape index (κ2) is 7.21. The molecule has 0 spiro atoms. The minimum atomic E-state index is -0.250. The van der Waals surface area contributed by atoms with E-state index < -0.39 is 0 Å². The van der Waals surface area contributed by atoms with Gasteiger partial charge < -0.3 is 4.74 Å². The predicted octanol–water partition coefficient (Wildman–Crippen LogP) is 3.67. The minimum absolute atomic E-state index is 0.250. The van der Waals surface area contributed by atoms with Crippen molar-refractivity contribution >= 4 is 39.4 Å². The first-order valence-corrected chi connectivity index (χ1v) is 7.61. The minimum Gasteiger partial charge on any atom is -0.494 e. The van der Waals surface area contributed by atoms with Crippen LogP contribution < -0.4 is 10.2 Å². The van der Waals surface area contributed by atoms with Gasteiger partial charge in [0.05, 0.1) is 16.6 Å². The van der Waals surface area contributed by atoms with E-state index in [1.54, 1.807) is 41.8 Å². The van der Waals surface area contributed by atoms with Gasteiger partial charge in [-0.25, -0.2) is 5.43 Å². The second-order valence-electron chi connectivity index (χ2n) is 3.80. The summed E-state index contributed by atoms with van der Waals surface area (Å²) in [6.07, 6.45) is 1.61. The maximum absolute atomic E-state index is 11.8. The van der Waals surface area contributed by atoms with E-state index >= 15 is 0 Å². The zero-order valence-corrected chi connectivity index (χ0v) is 13.2. The molecule has 1 aromatic heterocycles. The summed E-state index contributed by atoms with van der Waals surface area (Å²) in [5.74, 6) is 0.496.